The molecule has 2 saturated heterocycles. The molecule has 2 aromatic rings. The van der Waals surface area contributed by atoms with Crippen molar-refractivity contribution in [2.24, 2.45) is 11.8 Å². The number of carbonyl (C=O) groups is 1. The number of aliphatic hydroxyl groups is 1. The highest BCUT2D eigenvalue weighted by Crippen LogP contribution is 2.34. The van der Waals surface area contributed by atoms with Crippen LogP contribution in [0, 0.1) is 11.8 Å². The molecule has 0 radical (unpaired) electrons. The van der Waals surface area contributed by atoms with Crippen molar-refractivity contribution in [1.29, 1.82) is 0 Å². The van der Waals surface area contributed by atoms with Gasteiger partial charge in [0, 0.05) is 19.2 Å². The number of nitrogens with zero attached hydrogens (tertiary/aromatic N) is 1. The van der Waals surface area contributed by atoms with E-state index in [1.165, 1.54) is 17.5 Å². The van der Waals surface area contributed by atoms with E-state index in [4.69, 9.17) is 23.7 Å². The predicted molar refractivity (Wildman–Crippen MR) is 171 cm³/mol. The minimum Gasteiger partial charge on any atom is -0.497 e. The van der Waals surface area contributed by atoms with Gasteiger partial charge in [0.25, 0.3) is 0 Å². The zero-order valence-corrected chi connectivity index (χ0v) is 27.7. The van der Waals surface area contributed by atoms with E-state index in [-0.39, 0.29) is 54.9 Å². The molecule has 1 amide bonds. The fourth-order valence-corrected chi connectivity index (χ4v) is 8.14. The molecule has 254 valence electrons. The van der Waals surface area contributed by atoms with Crippen LogP contribution in [0.2, 0.25) is 0 Å². The largest absolute Gasteiger partial charge is 0.497 e. The van der Waals surface area contributed by atoms with E-state index in [0.29, 0.717) is 19.0 Å². The first-order valence-electron chi connectivity index (χ1n) is 16.5. The summed E-state index contributed by atoms with van der Waals surface area (Å²) in [7, 11) is -2.61. The fourth-order valence-electron chi connectivity index (χ4n) is 6.45. The Morgan fingerprint density at radius 2 is 1.83 bits per heavy atom. The number of sulfonamides is 1. The van der Waals surface area contributed by atoms with Crippen LogP contribution in [0.5, 0.6) is 11.5 Å². The van der Waals surface area contributed by atoms with Crippen LogP contribution in [0.3, 0.4) is 0 Å². The van der Waals surface area contributed by atoms with Gasteiger partial charge in [-0.2, -0.15) is 4.31 Å². The normalized spacial score (nSPS) is 26.8. The molecule has 2 fully saturated rings. The first kappa shape index (κ1) is 34.4. The van der Waals surface area contributed by atoms with Crippen molar-refractivity contribution in [2.45, 2.75) is 87.7 Å². The number of amides is 1. The summed E-state index contributed by atoms with van der Waals surface area (Å²) in [5.74, 6) is 0.719. The number of ether oxygens (including phenoxy) is 5. The van der Waals surface area contributed by atoms with E-state index < -0.39 is 34.4 Å². The van der Waals surface area contributed by atoms with Gasteiger partial charge in [-0.25, -0.2) is 13.2 Å². The molecule has 12 heteroatoms. The number of fused-ring (bicyclic) bond motifs is 2. The Balaban J connectivity index is 1.39. The molecule has 0 bridgehead atoms. The lowest BCUT2D eigenvalue weighted by Crippen LogP contribution is -2.51. The summed E-state index contributed by atoms with van der Waals surface area (Å²) < 4.78 is 58.4. The van der Waals surface area contributed by atoms with Crippen LogP contribution in [0.4, 0.5) is 4.79 Å². The third kappa shape index (κ3) is 8.92. The van der Waals surface area contributed by atoms with E-state index in [0.717, 1.165) is 50.5 Å². The topological polar surface area (TPSA) is 133 Å². The lowest BCUT2D eigenvalue weighted by atomic mass is 10.00. The monoisotopic (exact) mass is 660 g/mol. The van der Waals surface area contributed by atoms with Crippen molar-refractivity contribution >= 4 is 16.1 Å². The zero-order chi connectivity index (χ0) is 32.5. The van der Waals surface area contributed by atoms with Gasteiger partial charge >= 0.3 is 6.09 Å². The Labute approximate surface area is 272 Å². The maximum atomic E-state index is 14.4. The first-order chi connectivity index (χ1) is 22.2. The number of hydrogen-bond acceptors (Lipinski definition) is 9. The highest BCUT2D eigenvalue weighted by molar-refractivity contribution is 7.89. The molecule has 0 saturated carbocycles. The summed E-state index contributed by atoms with van der Waals surface area (Å²) in [5, 5.41) is 14.6. The van der Waals surface area contributed by atoms with Crippen molar-refractivity contribution in [3.05, 3.63) is 54.1 Å². The molecular formula is C34H48N2O9S. The highest BCUT2D eigenvalue weighted by atomic mass is 32.2. The highest BCUT2D eigenvalue weighted by Gasteiger charge is 2.44. The Kier molecular flexibility index (Phi) is 12.2. The summed E-state index contributed by atoms with van der Waals surface area (Å²) in [4.78, 5) is 13.2. The predicted octanol–water partition coefficient (Wildman–Crippen LogP) is 4.51. The number of hydrogen-bond donors (Lipinski definition) is 2. The molecule has 0 aromatic heterocycles. The molecular weight excluding hydrogens is 612 g/mol. The number of β-amino-alcohol motifs (C(OH)–C–C–N with tert-alkyl or cyclic N) is 1. The van der Waals surface area contributed by atoms with Gasteiger partial charge in [-0.1, -0.05) is 62.9 Å². The van der Waals surface area contributed by atoms with Crippen LogP contribution in [0.15, 0.2) is 53.4 Å². The van der Waals surface area contributed by atoms with Crippen LogP contribution in [-0.2, 0) is 30.7 Å². The smallest absolute Gasteiger partial charge is 0.407 e. The van der Waals surface area contributed by atoms with E-state index in [2.05, 4.69) is 5.32 Å². The van der Waals surface area contributed by atoms with Crippen molar-refractivity contribution in [2.75, 3.05) is 40.0 Å². The number of alkyl carbamates (subject to hydrolysis) is 1. The Hall–Kier alpha value is -2.90. The van der Waals surface area contributed by atoms with E-state index in [1.54, 1.807) is 12.1 Å². The molecule has 3 aliphatic heterocycles. The summed E-state index contributed by atoms with van der Waals surface area (Å²) in [5.41, 5.74) is 0.878. The minimum absolute atomic E-state index is 0.0197. The van der Waals surface area contributed by atoms with Gasteiger partial charge in [0.15, 0.2) is 6.29 Å². The van der Waals surface area contributed by atoms with Crippen molar-refractivity contribution in [1.82, 2.24) is 9.62 Å². The minimum atomic E-state index is -4.13. The van der Waals surface area contributed by atoms with Gasteiger partial charge < -0.3 is 34.1 Å². The molecule has 0 aliphatic carbocycles. The van der Waals surface area contributed by atoms with E-state index in [1.807, 2.05) is 37.3 Å². The lowest BCUT2D eigenvalue weighted by Gasteiger charge is -2.32. The zero-order valence-electron chi connectivity index (χ0n) is 26.8. The van der Waals surface area contributed by atoms with Gasteiger partial charge in [-0.15, -0.1) is 0 Å². The Morgan fingerprint density at radius 3 is 2.63 bits per heavy atom. The summed E-state index contributed by atoms with van der Waals surface area (Å²) >= 11 is 0. The number of nitrogens with one attached hydrogen (secondary N) is 1. The van der Waals surface area contributed by atoms with Gasteiger partial charge in [-0.3, -0.25) is 0 Å². The lowest BCUT2D eigenvalue weighted by molar-refractivity contribution is -0.0907. The molecule has 3 heterocycles. The van der Waals surface area contributed by atoms with Crippen LogP contribution in [-0.4, -0.2) is 88.5 Å². The van der Waals surface area contributed by atoms with Gasteiger partial charge in [0.2, 0.25) is 10.0 Å². The maximum Gasteiger partial charge on any atom is 0.407 e. The number of methoxy groups -OCH3 is 1. The van der Waals surface area contributed by atoms with E-state index >= 15 is 0 Å². The first-order valence-corrected chi connectivity index (χ1v) is 17.9. The standard InChI is InChI=1S/C34H48N2O9S/c1-24-11-7-4-3-5-10-17-42-30-20-26(41-2)14-15-32(30)46(39,40)36(21-24)22-29(37)28(19-25-12-8-6-9-13-25)35-34(38)45-31-23-44-33-27(31)16-18-43-33/h6,8-9,12-15,20,24,27-29,31,33,37H,3-5,7,10-11,16-19,21-23H2,1-2H3,(H,35,38)/t24?,27-,28-,29+,31-,33+/m0/s1. The van der Waals surface area contributed by atoms with E-state index in [9.17, 15) is 18.3 Å². The van der Waals surface area contributed by atoms with Crippen LogP contribution < -0.4 is 14.8 Å². The second kappa shape index (κ2) is 16.3. The number of carbonyl (C=O) groups excluding carboxylic acids is 1. The second-order valence-electron chi connectivity index (χ2n) is 12.6. The average Bonchev–Trinajstić information content (AvgIpc) is 3.67. The van der Waals surface area contributed by atoms with Gasteiger partial charge in [-0.05, 0) is 49.3 Å². The van der Waals surface area contributed by atoms with Crippen molar-refractivity contribution < 1.29 is 42.0 Å². The number of aliphatic hydroxyl groups excluding tert-OH is 1. The quantitative estimate of drug-likeness (QED) is 0.420. The third-order valence-corrected chi connectivity index (χ3v) is 11.0. The van der Waals surface area contributed by atoms with Gasteiger partial charge in [0.1, 0.15) is 22.5 Å². The summed E-state index contributed by atoms with van der Waals surface area (Å²) in [6.07, 6.45) is 4.08. The third-order valence-electron chi connectivity index (χ3n) is 9.08. The average molecular weight is 661 g/mol. The molecule has 5 rings (SSSR count). The SMILES string of the molecule is COc1ccc2c(c1)OCCCCCCCC(C)CN(C[C@@H](O)[C@H](Cc1ccccc1)NC(=O)O[C@H]1CO[C@H]3OCC[C@H]31)S2(=O)=O. The molecule has 0 spiro atoms. The summed E-state index contributed by atoms with van der Waals surface area (Å²) in [6.45, 7) is 3.18. The second-order valence-corrected chi connectivity index (χ2v) is 14.5. The molecule has 2 aromatic carbocycles. The van der Waals surface area contributed by atoms with Crippen molar-refractivity contribution in [3.8, 4) is 11.5 Å². The molecule has 11 nitrogen and oxygen atoms in total. The van der Waals surface area contributed by atoms with Crippen LogP contribution in [0.25, 0.3) is 0 Å². The number of rotatable bonds is 8. The molecule has 2 N–H and O–H groups in total. The van der Waals surface area contributed by atoms with Crippen LogP contribution in [0.1, 0.15) is 57.4 Å². The summed E-state index contributed by atoms with van der Waals surface area (Å²) in [6, 6.07) is 13.3. The Bertz CT molecular complexity index is 1380. The van der Waals surface area contributed by atoms with Crippen molar-refractivity contribution in [3.63, 3.8) is 0 Å². The molecule has 3 aliphatic rings. The Morgan fingerprint density at radius 1 is 1.04 bits per heavy atom. The molecule has 1 unspecified atom stereocenters. The number of benzene rings is 2. The van der Waals surface area contributed by atoms with Crippen LogP contribution >= 0.6 is 0 Å². The van der Waals surface area contributed by atoms with Gasteiger partial charge in [0.05, 0.1) is 45.0 Å². The molecule has 46 heavy (non-hydrogen) atoms. The fraction of sp³-hybridized carbons (Fsp3) is 0.618. The molecule has 6 atom stereocenters. The maximum absolute atomic E-state index is 14.4.